The second kappa shape index (κ2) is 4.32. The van der Waals surface area contributed by atoms with Gasteiger partial charge >= 0.3 is 0 Å². The maximum Gasteiger partial charge on any atom is 0.100 e. The lowest BCUT2D eigenvalue weighted by Crippen LogP contribution is -2.54. The van der Waals surface area contributed by atoms with Crippen LogP contribution in [-0.2, 0) is 4.74 Å². The van der Waals surface area contributed by atoms with Gasteiger partial charge < -0.3 is 4.74 Å². The third kappa shape index (κ3) is 1.51. The van der Waals surface area contributed by atoms with E-state index in [-0.39, 0.29) is 0 Å². The van der Waals surface area contributed by atoms with E-state index in [0.29, 0.717) is 22.5 Å². The van der Waals surface area contributed by atoms with Crippen molar-refractivity contribution in [2.24, 2.45) is 34.5 Å². The van der Waals surface area contributed by atoms with Crippen molar-refractivity contribution in [3.8, 4) is 0 Å². The van der Waals surface area contributed by atoms with Gasteiger partial charge in [-0.3, -0.25) is 0 Å². The van der Waals surface area contributed by atoms with Crippen molar-refractivity contribution in [3.63, 3.8) is 0 Å². The fourth-order valence-electron chi connectivity index (χ4n) is 8.47. The highest BCUT2D eigenvalue weighted by Crippen LogP contribution is 2.72. The lowest BCUT2D eigenvalue weighted by Gasteiger charge is -2.60. The fourth-order valence-corrected chi connectivity index (χ4v) is 8.47. The molecular formula is C21H34O. The van der Waals surface area contributed by atoms with Crippen molar-refractivity contribution in [2.75, 3.05) is 0 Å². The minimum absolute atomic E-state index is 0.299. The Labute approximate surface area is 136 Å². The molecular weight excluding hydrogens is 268 g/mol. The lowest BCUT2D eigenvalue weighted by molar-refractivity contribution is -0.113. The molecule has 4 saturated carbocycles. The average Bonchev–Trinajstić information content (AvgIpc) is 3.07. The molecule has 5 rings (SSSR count). The van der Waals surface area contributed by atoms with Gasteiger partial charge in [-0.25, -0.2) is 0 Å². The Kier molecular flexibility index (Phi) is 2.81. The number of hydrogen-bond acceptors (Lipinski definition) is 1. The van der Waals surface area contributed by atoms with Gasteiger partial charge in [0.2, 0.25) is 0 Å². The van der Waals surface area contributed by atoms with Crippen LogP contribution in [0.15, 0.2) is 0 Å². The topological polar surface area (TPSA) is 12.5 Å². The Morgan fingerprint density at radius 2 is 1.59 bits per heavy atom. The van der Waals surface area contributed by atoms with Gasteiger partial charge in [0.05, 0.1) is 6.10 Å². The molecule has 0 aromatic carbocycles. The molecule has 0 aromatic rings. The van der Waals surface area contributed by atoms with Crippen LogP contribution in [0.5, 0.6) is 0 Å². The van der Waals surface area contributed by atoms with Crippen LogP contribution in [-0.4, -0.2) is 11.7 Å². The summed E-state index contributed by atoms with van der Waals surface area (Å²) in [7, 11) is 0. The first-order valence-corrected chi connectivity index (χ1v) is 10.2. The summed E-state index contributed by atoms with van der Waals surface area (Å²) in [6.07, 6.45) is 15.5. The molecule has 0 N–H and O–H groups in total. The molecule has 0 bridgehead atoms. The van der Waals surface area contributed by atoms with E-state index < -0.39 is 0 Å². The molecule has 1 heteroatoms. The first-order chi connectivity index (χ1) is 10.5. The van der Waals surface area contributed by atoms with Crippen molar-refractivity contribution in [2.45, 2.75) is 96.7 Å². The molecule has 8 atom stereocenters. The van der Waals surface area contributed by atoms with Crippen LogP contribution < -0.4 is 0 Å². The molecule has 0 unspecified atom stereocenters. The largest absolute Gasteiger partial charge is 0.366 e. The van der Waals surface area contributed by atoms with Crippen LogP contribution in [0.3, 0.4) is 0 Å². The summed E-state index contributed by atoms with van der Waals surface area (Å²) < 4.78 is 6.25. The molecule has 22 heavy (non-hydrogen) atoms. The zero-order valence-electron chi connectivity index (χ0n) is 14.9. The minimum atomic E-state index is 0.299. The van der Waals surface area contributed by atoms with E-state index >= 15 is 0 Å². The van der Waals surface area contributed by atoms with E-state index in [4.69, 9.17) is 4.74 Å². The maximum absolute atomic E-state index is 6.25. The van der Waals surface area contributed by atoms with Gasteiger partial charge in [0.25, 0.3) is 0 Å². The predicted molar refractivity (Wildman–Crippen MR) is 89.6 cm³/mol. The molecule has 1 aliphatic heterocycles. The third-order valence-electron chi connectivity index (χ3n) is 9.75. The van der Waals surface area contributed by atoms with E-state index in [1.165, 1.54) is 64.2 Å². The van der Waals surface area contributed by atoms with Gasteiger partial charge in [-0.05, 0) is 87.4 Å². The summed E-state index contributed by atoms with van der Waals surface area (Å²) in [5.74, 6) is 4.08. The lowest BCUT2D eigenvalue weighted by atomic mass is 9.44. The molecule has 5 aliphatic rings. The molecule has 0 aromatic heterocycles. The quantitative estimate of drug-likeness (QED) is 0.532. The molecule has 1 heterocycles. The van der Waals surface area contributed by atoms with Crippen molar-refractivity contribution in [1.82, 2.24) is 0 Å². The van der Waals surface area contributed by atoms with Gasteiger partial charge in [0, 0.05) is 5.41 Å². The first-order valence-electron chi connectivity index (χ1n) is 10.2. The second-order valence-corrected chi connectivity index (χ2v) is 10.0. The van der Waals surface area contributed by atoms with E-state index in [9.17, 15) is 0 Å². The van der Waals surface area contributed by atoms with E-state index in [1.54, 1.807) is 0 Å². The van der Waals surface area contributed by atoms with Crippen LogP contribution in [0.4, 0.5) is 0 Å². The van der Waals surface area contributed by atoms with Gasteiger partial charge in [0.1, 0.15) is 5.60 Å². The standard InChI is InChI=1S/C21H34O/c1-14-21(22-14)13-10-18-16-8-7-15-6-4-5-11-19(15,2)17(16)9-12-20(18,21)3/h14-18H,4-13H2,1-3H3/t14-,15-,16-,17+,18+,19+,20+,21+/m1/s1. The molecule has 1 saturated heterocycles. The van der Waals surface area contributed by atoms with Crippen LogP contribution in [0.25, 0.3) is 0 Å². The third-order valence-corrected chi connectivity index (χ3v) is 9.75. The number of ether oxygens (including phenoxy) is 1. The van der Waals surface area contributed by atoms with Crippen molar-refractivity contribution < 1.29 is 4.74 Å². The molecule has 5 fully saturated rings. The Morgan fingerprint density at radius 1 is 0.818 bits per heavy atom. The smallest absolute Gasteiger partial charge is 0.100 e. The monoisotopic (exact) mass is 302 g/mol. The van der Waals surface area contributed by atoms with Gasteiger partial charge in [-0.15, -0.1) is 0 Å². The molecule has 0 radical (unpaired) electrons. The molecule has 4 aliphatic carbocycles. The van der Waals surface area contributed by atoms with E-state index in [2.05, 4.69) is 20.8 Å². The predicted octanol–water partition coefficient (Wildman–Crippen LogP) is 5.58. The summed E-state index contributed by atoms with van der Waals surface area (Å²) in [6, 6.07) is 0. The molecule has 0 amide bonds. The summed E-state index contributed by atoms with van der Waals surface area (Å²) in [5.41, 5.74) is 1.49. The Hall–Kier alpha value is -0.0400. The van der Waals surface area contributed by atoms with Gasteiger partial charge in [-0.1, -0.05) is 26.7 Å². The number of hydrogen-bond donors (Lipinski definition) is 0. The van der Waals surface area contributed by atoms with Crippen molar-refractivity contribution in [1.29, 1.82) is 0 Å². The highest BCUT2D eigenvalue weighted by atomic mass is 16.6. The van der Waals surface area contributed by atoms with Gasteiger partial charge in [0.15, 0.2) is 0 Å². The van der Waals surface area contributed by atoms with Crippen molar-refractivity contribution in [3.05, 3.63) is 0 Å². The highest BCUT2D eigenvalue weighted by Gasteiger charge is 2.73. The SMILES string of the molecule is C[C@H]1O[C@@]12CC[C@H]1[C@@H]3CC[C@H]4CCCC[C@]4(C)[C@H]3CC[C@@]12C. The fraction of sp³-hybridized carbons (Fsp3) is 1.00. The van der Waals surface area contributed by atoms with E-state index in [1.807, 2.05) is 0 Å². The Balaban J connectivity index is 1.48. The Morgan fingerprint density at radius 3 is 2.36 bits per heavy atom. The van der Waals surface area contributed by atoms with Crippen LogP contribution >= 0.6 is 0 Å². The van der Waals surface area contributed by atoms with Crippen molar-refractivity contribution >= 4 is 0 Å². The average molecular weight is 303 g/mol. The second-order valence-electron chi connectivity index (χ2n) is 10.0. The number of epoxide rings is 1. The minimum Gasteiger partial charge on any atom is -0.366 e. The zero-order valence-corrected chi connectivity index (χ0v) is 14.9. The van der Waals surface area contributed by atoms with Gasteiger partial charge in [-0.2, -0.15) is 0 Å². The molecule has 124 valence electrons. The number of rotatable bonds is 0. The maximum atomic E-state index is 6.25. The normalized spacial score (nSPS) is 63.1. The zero-order chi connectivity index (χ0) is 15.2. The summed E-state index contributed by atoms with van der Waals surface area (Å²) >= 11 is 0. The van der Waals surface area contributed by atoms with Crippen LogP contribution in [0, 0.1) is 34.5 Å². The summed E-state index contributed by atoms with van der Waals surface area (Å²) in [5, 5.41) is 0. The van der Waals surface area contributed by atoms with Crippen LogP contribution in [0.1, 0.15) is 85.0 Å². The molecule has 1 nitrogen and oxygen atoms in total. The highest BCUT2D eigenvalue weighted by molar-refractivity contribution is 5.21. The Bertz CT molecular complexity index is 484. The summed E-state index contributed by atoms with van der Waals surface area (Å²) in [6.45, 7) is 7.63. The van der Waals surface area contributed by atoms with Crippen LogP contribution in [0.2, 0.25) is 0 Å². The molecule has 1 spiro atoms. The number of fused-ring (bicyclic) bond motifs is 6. The summed E-state index contributed by atoms with van der Waals surface area (Å²) in [4.78, 5) is 0. The first kappa shape index (κ1) is 14.3. The van der Waals surface area contributed by atoms with E-state index in [0.717, 1.165) is 23.7 Å².